The Bertz CT molecular complexity index is 387. The molecule has 0 aromatic carbocycles. The Balaban J connectivity index is 1.85. The van der Waals surface area contributed by atoms with Gasteiger partial charge in [-0.25, -0.2) is 4.79 Å². The minimum absolute atomic E-state index is 0.0611. The van der Waals surface area contributed by atoms with Gasteiger partial charge in [0.15, 0.2) is 12.6 Å². The number of terminal acetylenes is 1. The molecule has 2 aliphatic rings. The maximum absolute atomic E-state index is 11.9. The normalized spacial score (nSPS) is 33.8. The Morgan fingerprint density at radius 3 is 2.74 bits per heavy atom. The fourth-order valence-corrected chi connectivity index (χ4v) is 2.61. The van der Waals surface area contributed by atoms with Crippen LogP contribution in [0.25, 0.3) is 0 Å². The SMILES string of the molecule is C#CC[N+](C)(C)CC(=O)O[C@@H]1CO[C@H]2[C@@H]1OC[C@@H]2C. The maximum Gasteiger partial charge on any atom is 0.362 e. The molecule has 0 aromatic rings. The molecular weight excluding hydrogens is 246 g/mol. The summed E-state index contributed by atoms with van der Waals surface area (Å²) in [6.45, 7) is 3.93. The van der Waals surface area contributed by atoms with Crippen molar-refractivity contribution in [2.75, 3.05) is 40.4 Å². The van der Waals surface area contributed by atoms with Crippen molar-refractivity contribution in [2.45, 2.75) is 25.2 Å². The first-order valence-electron chi connectivity index (χ1n) is 6.61. The summed E-state index contributed by atoms with van der Waals surface area (Å²) in [7, 11) is 3.81. The van der Waals surface area contributed by atoms with E-state index in [1.165, 1.54) is 0 Å². The molecule has 0 unspecified atom stereocenters. The van der Waals surface area contributed by atoms with E-state index in [1.807, 2.05) is 14.1 Å². The van der Waals surface area contributed by atoms with E-state index < -0.39 is 0 Å². The molecule has 2 fully saturated rings. The third kappa shape index (κ3) is 3.27. The van der Waals surface area contributed by atoms with Gasteiger partial charge in [0, 0.05) is 5.92 Å². The second-order valence-electron chi connectivity index (χ2n) is 6.06. The van der Waals surface area contributed by atoms with Crippen molar-refractivity contribution in [3.8, 4) is 12.3 Å². The third-order valence-electron chi connectivity index (χ3n) is 3.61. The van der Waals surface area contributed by atoms with Gasteiger partial charge < -0.3 is 18.7 Å². The van der Waals surface area contributed by atoms with Gasteiger partial charge in [0.1, 0.15) is 12.6 Å². The Morgan fingerprint density at radius 2 is 2.05 bits per heavy atom. The average Bonchev–Trinajstić information content (AvgIpc) is 2.83. The lowest BCUT2D eigenvalue weighted by atomic mass is 10.0. The zero-order valence-corrected chi connectivity index (χ0v) is 11.8. The lowest BCUT2D eigenvalue weighted by molar-refractivity contribution is -0.875. The molecule has 2 aliphatic heterocycles. The van der Waals surface area contributed by atoms with E-state index in [0.29, 0.717) is 30.2 Å². The monoisotopic (exact) mass is 268 g/mol. The van der Waals surface area contributed by atoms with Gasteiger partial charge in [0.05, 0.1) is 33.4 Å². The van der Waals surface area contributed by atoms with Crippen molar-refractivity contribution in [3.05, 3.63) is 0 Å². The smallest absolute Gasteiger partial charge is 0.362 e. The van der Waals surface area contributed by atoms with Gasteiger partial charge in [0.25, 0.3) is 0 Å². The average molecular weight is 268 g/mol. The van der Waals surface area contributed by atoms with E-state index in [2.05, 4.69) is 12.8 Å². The number of hydrogen-bond donors (Lipinski definition) is 0. The van der Waals surface area contributed by atoms with Gasteiger partial charge in [0.2, 0.25) is 0 Å². The van der Waals surface area contributed by atoms with Crippen LogP contribution >= 0.6 is 0 Å². The molecule has 0 amide bonds. The largest absolute Gasteiger partial charge is 0.453 e. The highest BCUT2D eigenvalue weighted by molar-refractivity contribution is 5.71. The molecule has 106 valence electrons. The van der Waals surface area contributed by atoms with Crippen molar-refractivity contribution in [2.24, 2.45) is 5.92 Å². The van der Waals surface area contributed by atoms with Crippen molar-refractivity contribution in [3.63, 3.8) is 0 Å². The molecule has 0 spiro atoms. The van der Waals surface area contributed by atoms with Crippen LogP contribution in [0.2, 0.25) is 0 Å². The Labute approximate surface area is 114 Å². The number of hydrogen-bond acceptors (Lipinski definition) is 4. The van der Waals surface area contributed by atoms with Crippen molar-refractivity contribution >= 4 is 5.97 Å². The molecule has 0 radical (unpaired) electrons. The molecule has 2 saturated heterocycles. The summed E-state index contributed by atoms with van der Waals surface area (Å²) in [5.41, 5.74) is 0. The number of nitrogens with zero attached hydrogens (tertiary/aromatic N) is 1. The number of esters is 1. The van der Waals surface area contributed by atoms with Crippen LogP contribution in [0, 0.1) is 18.3 Å². The van der Waals surface area contributed by atoms with E-state index in [1.54, 1.807) is 0 Å². The van der Waals surface area contributed by atoms with Gasteiger partial charge >= 0.3 is 5.97 Å². The van der Waals surface area contributed by atoms with Gasteiger partial charge in [-0.3, -0.25) is 0 Å². The van der Waals surface area contributed by atoms with Crippen LogP contribution in [0.15, 0.2) is 0 Å². The van der Waals surface area contributed by atoms with Crippen LogP contribution in [0.5, 0.6) is 0 Å². The highest BCUT2D eigenvalue weighted by atomic mass is 16.6. The van der Waals surface area contributed by atoms with E-state index in [-0.39, 0.29) is 30.8 Å². The summed E-state index contributed by atoms with van der Waals surface area (Å²) in [4.78, 5) is 11.9. The molecular formula is C14H22NO4+. The van der Waals surface area contributed by atoms with Crippen molar-refractivity contribution < 1.29 is 23.5 Å². The highest BCUT2D eigenvalue weighted by Crippen LogP contribution is 2.32. The minimum atomic E-state index is -0.284. The van der Waals surface area contributed by atoms with E-state index in [0.717, 1.165) is 0 Å². The highest BCUT2D eigenvalue weighted by Gasteiger charge is 2.47. The Morgan fingerprint density at radius 1 is 1.37 bits per heavy atom. The Kier molecular flexibility index (Phi) is 4.14. The molecule has 5 heteroatoms. The summed E-state index contributed by atoms with van der Waals surface area (Å²) in [5, 5.41) is 0. The topological polar surface area (TPSA) is 44.8 Å². The molecule has 0 N–H and O–H groups in total. The third-order valence-corrected chi connectivity index (χ3v) is 3.61. The second kappa shape index (κ2) is 5.49. The molecule has 0 bridgehead atoms. The number of carbonyl (C=O) groups is 1. The van der Waals surface area contributed by atoms with Crippen LogP contribution < -0.4 is 0 Å². The van der Waals surface area contributed by atoms with Gasteiger partial charge in [-0.05, 0) is 5.92 Å². The number of carbonyl (C=O) groups excluding carboxylic acids is 1. The van der Waals surface area contributed by atoms with Gasteiger partial charge in [-0.2, -0.15) is 0 Å². The number of rotatable bonds is 4. The van der Waals surface area contributed by atoms with E-state index in [9.17, 15) is 4.79 Å². The van der Waals surface area contributed by atoms with Gasteiger partial charge in [-0.15, -0.1) is 6.42 Å². The predicted octanol–water partition coefficient (Wildman–Crippen LogP) is 0.0415. The first kappa shape index (κ1) is 14.3. The molecule has 2 heterocycles. The number of likely N-dealkylation sites (N-methyl/N-ethyl adjacent to an activating group) is 1. The second-order valence-corrected chi connectivity index (χ2v) is 6.06. The molecule has 4 atom stereocenters. The van der Waals surface area contributed by atoms with Crippen LogP contribution in [0.1, 0.15) is 6.92 Å². The van der Waals surface area contributed by atoms with Crippen LogP contribution in [0.4, 0.5) is 0 Å². The number of quaternary nitrogens is 1. The van der Waals surface area contributed by atoms with Crippen LogP contribution in [-0.4, -0.2) is 69.2 Å². The minimum Gasteiger partial charge on any atom is -0.453 e. The van der Waals surface area contributed by atoms with Crippen molar-refractivity contribution in [1.29, 1.82) is 0 Å². The van der Waals surface area contributed by atoms with Crippen LogP contribution in [-0.2, 0) is 19.0 Å². The maximum atomic E-state index is 11.9. The quantitative estimate of drug-likeness (QED) is 0.410. The summed E-state index contributed by atoms with van der Waals surface area (Å²) >= 11 is 0. The van der Waals surface area contributed by atoms with Gasteiger partial charge in [-0.1, -0.05) is 6.92 Å². The molecule has 0 aromatic heterocycles. The summed E-state index contributed by atoms with van der Waals surface area (Å²) in [5.74, 6) is 2.68. The summed E-state index contributed by atoms with van der Waals surface area (Å²) < 4.78 is 17.2. The Hall–Kier alpha value is -1.09. The first-order chi connectivity index (χ1) is 8.93. The molecule has 5 nitrogen and oxygen atoms in total. The van der Waals surface area contributed by atoms with Crippen molar-refractivity contribution in [1.82, 2.24) is 0 Å². The first-order valence-corrected chi connectivity index (χ1v) is 6.61. The molecule has 2 rings (SSSR count). The lowest BCUT2D eigenvalue weighted by Crippen LogP contribution is -2.46. The number of ether oxygens (including phenoxy) is 3. The van der Waals surface area contributed by atoms with E-state index in [4.69, 9.17) is 20.6 Å². The fraction of sp³-hybridized carbons (Fsp3) is 0.786. The standard InChI is InChI=1S/C14H22NO4/c1-5-6-15(3,4)7-12(16)19-11-9-18-13-10(2)8-17-14(11)13/h1,10-11,13-14H,6-9H2,2-4H3/q+1/t10-,11+,13+,14+/m0/s1. The molecule has 0 saturated carbocycles. The fourth-order valence-electron chi connectivity index (χ4n) is 2.61. The molecule has 19 heavy (non-hydrogen) atoms. The zero-order valence-electron chi connectivity index (χ0n) is 11.8. The zero-order chi connectivity index (χ0) is 14.0. The predicted molar refractivity (Wildman–Crippen MR) is 69.2 cm³/mol. The van der Waals surface area contributed by atoms with E-state index >= 15 is 0 Å². The molecule has 0 aliphatic carbocycles. The van der Waals surface area contributed by atoms with Crippen LogP contribution in [0.3, 0.4) is 0 Å². The lowest BCUT2D eigenvalue weighted by Gasteiger charge is -2.27. The number of fused-ring (bicyclic) bond motifs is 1. The summed E-state index contributed by atoms with van der Waals surface area (Å²) in [6, 6.07) is 0. The summed E-state index contributed by atoms with van der Waals surface area (Å²) in [6.07, 6.45) is 4.95.